The highest BCUT2D eigenvalue weighted by atomic mass is 16.3. The van der Waals surface area contributed by atoms with Gasteiger partial charge in [0.15, 0.2) is 0 Å². The molecule has 1 atom stereocenters. The van der Waals surface area contributed by atoms with Crippen LogP contribution < -0.4 is 10.6 Å². The molecule has 0 bridgehead atoms. The highest BCUT2D eigenvalue weighted by molar-refractivity contribution is 5.74. The van der Waals surface area contributed by atoms with Crippen molar-refractivity contribution in [1.29, 1.82) is 0 Å². The number of benzene rings is 1. The highest BCUT2D eigenvalue weighted by Crippen LogP contribution is 2.17. The first kappa shape index (κ1) is 15.6. The zero-order valence-corrected chi connectivity index (χ0v) is 12.8. The Morgan fingerprint density at radius 2 is 2.29 bits per heavy atom. The van der Waals surface area contributed by atoms with Crippen LogP contribution in [0.4, 0.5) is 10.5 Å². The van der Waals surface area contributed by atoms with Gasteiger partial charge in [0.25, 0.3) is 0 Å². The average molecular weight is 291 g/mol. The number of carbonyl (C=O) groups excluding carboxylic acids is 1. The van der Waals surface area contributed by atoms with Crippen LogP contribution in [0.3, 0.4) is 0 Å². The Labute approximate surface area is 126 Å². The Balaban J connectivity index is 1.89. The van der Waals surface area contributed by atoms with Gasteiger partial charge in [0.1, 0.15) is 0 Å². The monoisotopic (exact) mass is 291 g/mol. The van der Waals surface area contributed by atoms with Gasteiger partial charge in [0.2, 0.25) is 0 Å². The van der Waals surface area contributed by atoms with Crippen LogP contribution >= 0.6 is 0 Å². The molecule has 1 saturated heterocycles. The summed E-state index contributed by atoms with van der Waals surface area (Å²) in [5, 5.41) is 15.5. The molecule has 5 heteroatoms. The number of urea groups is 1. The molecule has 1 aromatic carbocycles. The summed E-state index contributed by atoms with van der Waals surface area (Å²) in [4.78, 5) is 13.9. The largest absolute Gasteiger partial charge is 0.394 e. The maximum absolute atomic E-state index is 12.1. The summed E-state index contributed by atoms with van der Waals surface area (Å²) >= 11 is 0. The molecule has 0 spiro atoms. The van der Waals surface area contributed by atoms with Gasteiger partial charge in [-0.2, -0.15) is 0 Å². The molecular weight excluding hydrogens is 266 g/mol. The number of carbonyl (C=O) groups is 1. The number of nitrogens with one attached hydrogen (secondary N) is 2. The molecule has 1 aromatic rings. The summed E-state index contributed by atoms with van der Waals surface area (Å²) in [5.41, 5.74) is 2.12. The van der Waals surface area contributed by atoms with Crippen molar-refractivity contribution in [3.63, 3.8) is 0 Å². The zero-order chi connectivity index (χ0) is 15.2. The molecule has 1 fully saturated rings. The van der Waals surface area contributed by atoms with Gasteiger partial charge >= 0.3 is 6.03 Å². The van der Waals surface area contributed by atoms with E-state index in [0.717, 1.165) is 30.6 Å². The second-order valence-corrected chi connectivity index (χ2v) is 5.83. The number of hydrogen-bond acceptors (Lipinski definition) is 3. The maximum Gasteiger partial charge on any atom is 0.317 e. The van der Waals surface area contributed by atoms with Crippen molar-refractivity contribution < 1.29 is 9.90 Å². The van der Waals surface area contributed by atoms with Gasteiger partial charge in [-0.15, -0.1) is 0 Å². The van der Waals surface area contributed by atoms with Crippen LogP contribution in [-0.4, -0.2) is 41.3 Å². The number of hydrogen-bond donors (Lipinski definition) is 3. The van der Waals surface area contributed by atoms with Gasteiger partial charge in [-0.1, -0.05) is 12.1 Å². The fourth-order valence-corrected chi connectivity index (χ4v) is 2.68. The molecule has 116 valence electrons. The summed E-state index contributed by atoms with van der Waals surface area (Å²) < 4.78 is 0. The Kier molecular flexibility index (Phi) is 5.44. The SMILES string of the molecule is CC(C)Nc1cccc(CNC(=O)N2CCC[C@@H]2CO)c1. The zero-order valence-electron chi connectivity index (χ0n) is 12.8. The molecule has 0 aromatic heterocycles. The molecule has 0 aliphatic carbocycles. The van der Waals surface area contributed by atoms with E-state index >= 15 is 0 Å². The standard InChI is InChI=1S/C16H25N3O2/c1-12(2)18-14-6-3-5-13(9-14)10-17-16(21)19-8-4-7-15(19)11-20/h3,5-6,9,12,15,18,20H,4,7-8,10-11H2,1-2H3,(H,17,21)/t15-/m1/s1. The van der Waals surface area contributed by atoms with Gasteiger partial charge in [-0.3, -0.25) is 0 Å². The lowest BCUT2D eigenvalue weighted by Crippen LogP contribution is -2.43. The van der Waals surface area contributed by atoms with Crippen LogP contribution in [0.1, 0.15) is 32.3 Å². The predicted molar refractivity (Wildman–Crippen MR) is 84.3 cm³/mol. The molecular formula is C16H25N3O2. The van der Waals surface area contributed by atoms with E-state index < -0.39 is 0 Å². The van der Waals surface area contributed by atoms with Gasteiger partial charge in [0, 0.05) is 24.8 Å². The molecule has 3 N–H and O–H groups in total. The third-order valence-corrected chi connectivity index (χ3v) is 3.67. The molecule has 1 aliphatic heterocycles. The van der Waals surface area contributed by atoms with E-state index in [-0.39, 0.29) is 18.7 Å². The van der Waals surface area contributed by atoms with Crippen LogP contribution in [-0.2, 0) is 6.54 Å². The van der Waals surface area contributed by atoms with Crippen LogP contribution in [0.15, 0.2) is 24.3 Å². The summed E-state index contributed by atoms with van der Waals surface area (Å²) in [7, 11) is 0. The number of nitrogens with zero attached hydrogens (tertiary/aromatic N) is 1. The lowest BCUT2D eigenvalue weighted by molar-refractivity contribution is 0.157. The molecule has 0 saturated carbocycles. The number of amides is 2. The molecule has 1 aliphatic rings. The first-order valence-electron chi connectivity index (χ1n) is 7.61. The van der Waals surface area contributed by atoms with Crippen molar-refractivity contribution in [1.82, 2.24) is 10.2 Å². The third kappa shape index (κ3) is 4.36. The minimum absolute atomic E-state index is 0.0288. The number of anilines is 1. The van der Waals surface area contributed by atoms with Gasteiger partial charge in [-0.25, -0.2) is 4.79 Å². The second kappa shape index (κ2) is 7.31. The van der Waals surface area contributed by atoms with Gasteiger partial charge in [-0.05, 0) is 44.4 Å². The summed E-state index contributed by atoms with van der Waals surface area (Å²) in [6, 6.07) is 8.32. The fraction of sp³-hybridized carbons (Fsp3) is 0.562. The minimum Gasteiger partial charge on any atom is -0.394 e. The van der Waals surface area contributed by atoms with Crippen molar-refractivity contribution in [3.8, 4) is 0 Å². The van der Waals surface area contributed by atoms with E-state index in [9.17, 15) is 9.90 Å². The highest BCUT2D eigenvalue weighted by Gasteiger charge is 2.27. The van der Waals surface area contributed by atoms with Crippen LogP contribution in [0.25, 0.3) is 0 Å². The van der Waals surface area contributed by atoms with Gasteiger partial charge in [0.05, 0.1) is 12.6 Å². The quantitative estimate of drug-likeness (QED) is 0.779. The van der Waals surface area contributed by atoms with Crippen LogP contribution in [0.2, 0.25) is 0 Å². The Hall–Kier alpha value is -1.75. The lowest BCUT2D eigenvalue weighted by Gasteiger charge is -2.23. The Morgan fingerprint density at radius 1 is 1.48 bits per heavy atom. The predicted octanol–water partition coefficient (Wildman–Crippen LogP) is 2.17. The first-order valence-corrected chi connectivity index (χ1v) is 7.61. The van der Waals surface area contributed by atoms with Crippen molar-refractivity contribution in [3.05, 3.63) is 29.8 Å². The van der Waals surface area contributed by atoms with Crippen molar-refractivity contribution in [2.45, 2.75) is 45.3 Å². The van der Waals surface area contributed by atoms with Crippen molar-refractivity contribution in [2.75, 3.05) is 18.5 Å². The smallest absolute Gasteiger partial charge is 0.317 e. The lowest BCUT2D eigenvalue weighted by atomic mass is 10.2. The fourth-order valence-electron chi connectivity index (χ4n) is 2.68. The van der Waals surface area contributed by atoms with E-state index in [1.54, 1.807) is 4.90 Å². The Morgan fingerprint density at radius 3 is 3.00 bits per heavy atom. The number of aliphatic hydroxyl groups excluding tert-OH is 1. The van der Waals surface area contributed by atoms with E-state index in [2.05, 4.69) is 24.5 Å². The first-order chi connectivity index (χ1) is 10.1. The topological polar surface area (TPSA) is 64.6 Å². The van der Waals surface area contributed by atoms with Gasteiger partial charge < -0.3 is 20.6 Å². The average Bonchev–Trinajstić information content (AvgIpc) is 2.93. The van der Waals surface area contributed by atoms with E-state index in [1.165, 1.54) is 0 Å². The van der Waals surface area contributed by atoms with Crippen molar-refractivity contribution >= 4 is 11.7 Å². The number of rotatable bonds is 5. The summed E-state index contributed by atoms with van der Waals surface area (Å²) in [6.07, 6.45) is 1.85. The van der Waals surface area contributed by atoms with Crippen LogP contribution in [0, 0.1) is 0 Å². The normalized spacial score (nSPS) is 18.1. The Bertz CT molecular complexity index is 476. The molecule has 21 heavy (non-hydrogen) atoms. The second-order valence-electron chi connectivity index (χ2n) is 5.83. The molecule has 1 heterocycles. The minimum atomic E-state index is -0.0891. The van der Waals surface area contributed by atoms with E-state index in [4.69, 9.17) is 0 Å². The number of likely N-dealkylation sites (tertiary alicyclic amines) is 1. The summed E-state index contributed by atoms with van der Waals surface area (Å²) in [5.74, 6) is 0. The molecule has 2 rings (SSSR count). The maximum atomic E-state index is 12.1. The molecule has 5 nitrogen and oxygen atoms in total. The van der Waals surface area contributed by atoms with Crippen LogP contribution in [0.5, 0.6) is 0 Å². The summed E-state index contributed by atoms with van der Waals surface area (Å²) in [6.45, 7) is 5.46. The van der Waals surface area contributed by atoms with E-state index in [1.807, 2.05) is 24.3 Å². The molecule has 0 unspecified atom stereocenters. The van der Waals surface area contributed by atoms with Crippen molar-refractivity contribution in [2.24, 2.45) is 0 Å². The van der Waals surface area contributed by atoms with E-state index in [0.29, 0.717) is 12.6 Å². The number of aliphatic hydroxyl groups is 1. The third-order valence-electron chi connectivity index (χ3n) is 3.67. The molecule has 0 radical (unpaired) electrons. The molecule has 2 amide bonds.